The van der Waals surface area contributed by atoms with Gasteiger partial charge in [-0.2, -0.15) is 0 Å². The molecule has 3 nitrogen and oxygen atoms in total. The van der Waals surface area contributed by atoms with E-state index >= 15 is 0 Å². The van der Waals surface area contributed by atoms with Gasteiger partial charge in [-0.15, -0.1) is 5.10 Å². The molecule has 0 saturated heterocycles. The van der Waals surface area contributed by atoms with Crippen LogP contribution in [0.3, 0.4) is 0 Å². The van der Waals surface area contributed by atoms with Crippen molar-refractivity contribution in [3.8, 4) is 0 Å². The molecule has 0 aliphatic carbocycles. The fourth-order valence-corrected chi connectivity index (χ4v) is 1.20. The van der Waals surface area contributed by atoms with E-state index in [1.165, 1.54) is 0 Å². The molecule has 0 aromatic carbocycles. The summed E-state index contributed by atoms with van der Waals surface area (Å²) in [5.41, 5.74) is 1.89. The van der Waals surface area contributed by atoms with E-state index in [4.69, 9.17) is 0 Å². The standard InChI is InChI=1S/C10H15N3/c1-4-7-9-10(6-3)13(8-5-2)12-11-9/h4,6-7H,3,5,8H2,1-2H3/b7-4-. The van der Waals surface area contributed by atoms with E-state index in [9.17, 15) is 0 Å². The Labute approximate surface area is 78.8 Å². The van der Waals surface area contributed by atoms with E-state index in [1.807, 2.05) is 23.8 Å². The van der Waals surface area contributed by atoms with Gasteiger partial charge in [0, 0.05) is 6.54 Å². The first-order valence-electron chi connectivity index (χ1n) is 4.52. The van der Waals surface area contributed by atoms with Crippen LogP contribution in [0.15, 0.2) is 12.7 Å². The Bertz CT molecular complexity index is 310. The van der Waals surface area contributed by atoms with Crippen LogP contribution < -0.4 is 0 Å². The Kier molecular flexibility index (Phi) is 3.43. The summed E-state index contributed by atoms with van der Waals surface area (Å²) in [5.74, 6) is 0. The van der Waals surface area contributed by atoms with Crippen LogP contribution in [0, 0.1) is 0 Å². The van der Waals surface area contributed by atoms with Crippen molar-refractivity contribution in [1.29, 1.82) is 0 Å². The van der Waals surface area contributed by atoms with Gasteiger partial charge in [-0.1, -0.05) is 24.8 Å². The lowest BCUT2D eigenvalue weighted by Gasteiger charge is -1.99. The minimum absolute atomic E-state index is 0.894. The monoisotopic (exact) mass is 177 g/mol. The third-order valence-corrected chi connectivity index (χ3v) is 1.75. The molecule has 0 fully saturated rings. The predicted molar refractivity (Wildman–Crippen MR) is 55.1 cm³/mol. The molecule has 1 rings (SSSR count). The topological polar surface area (TPSA) is 30.7 Å². The number of allylic oxidation sites excluding steroid dienone is 1. The van der Waals surface area contributed by atoms with Gasteiger partial charge in [0.2, 0.25) is 0 Å². The molecule has 1 heterocycles. The van der Waals surface area contributed by atoms with E-state index in [0.717, 1.165) is 24.4 Å². The first kappa shape index (κ1) is 9.71. The van der Waals surface area contributed by atoms with Gasteiger partial charge in [0.05, 0.1) is 5.69 Å². The van der Waals surface area contributed by atoms with Crippen molar-refractivity contribution < 1.29 is 0 Å². The number of hydrogen-bond donors (Lipinski definition) is 0. The normalized spacial score (nSPS) is 10.9. The summed E-state index contributed by atoms with van der Waals surface area (Å²) in [4.78, 5) is 0. The highest BCUT2D eigenvalue weighted by Crippen LogP contribution is 2.09. The highest BCUT2D eigenvalue weighted by atomic mass is 15.4. The van der Waals surface area contributed by atoms with Crippen molar-refractivity contribution in [2.45, 2.75) is 26.8 Å². The summed E-state index contributed by atoms with van der Waals surface area (Å²) in [6, 6.07) is 0. The van der Waals surface area contributed by atoms with Gasteiger partial charge in [-0.3, -0.25) is 0 Å². The molecule has 0 radical (unpaired) electrons. The predicted octanol–water partition coefficient (Wildman–Crippen LogP) is 2.36. The Morgan fingerprint density at radius 3 is 2.85 bits per heavy atom. The Morgan fingerprint density at radius 2 is 2.31 bits per heavy atom. The molecule has 0 bridgehead atoms. The highest BCUT2D eigenvalue weighted by molar-refractivity contribution is 5.57. The van der Waals surface area contributed by atoms with Gasteiger partial charge in [0.25, 0.3) is 0 Å². The first-order chi connectivity index (χ1) is 6.33. The van der Waals surface area contributed by atoms with Crippen LogP contribution in [0.25, 0.3) is 12.2 Å². The first-order valence-corrected chi connectivity index (χ1v) is 4.52. The molecule has 13 heavy (non-hydrogen) atoms. The third-order valence-electron chi connectivity index (χ3n) is 1.75. The summed E-state index contributed by atoms with van der Waals surface area (Å²) < 4.78 is 1.88. The molecule has 0 N–H and O–H groups in total. The molecule has 0 aliphatic rings. The molecule has 0 amide bonds. The van der Waals surface area contributed by atoms with Crippen LogP contribution in [-0.4, -0.2) is 15.0 Å². The van der Waals surface area contributed by atoms with Crippen LogP contribution >= 0.6 is 0 Å². The van der Waals surface area contributed by atoms with Crippen molar-refractivity contribution >= 4 is 12.2 Å². The highest BCUT2D eigenvalue weighted by Gasteiger charge is 2.05. The maximum atomic E-state index is 4.05. The lowest BCUT2D eigenvalue weighted by molar-refractivity contribution is 0.575. The number of hydrogen-bond acceptors (Lipinski definition) is 2. The van der Waals surface area contributed by atoms with Crippen LogP contribution in [0.5, 0.6) is 0 Å². The van der Waals surface area contributed by atoms with Crippen molar-refractivity contribution in [1.82, 2.24) is 15.0 Å². The van der Waals surface area contributed by atoms with E-state index in [-0.39, 0.29) is 0 Å². The maximum absolute atomic E-state index is 4.05. The van der Waals surface area contributed by atoms with Gasteiger partial charge in [-0.05, 0) is 25.5 Å². The van der Waals surface area contributed by atoms with Gasteiger partial charge in [0.15, 0.2) is 0 Å². The van der Waals surface area contributed by atoms with Crippen molar-refractivity contribution in [2.24, 2.45) is 0 Å². The van der Waals surface area contributed by atoms with Crippen molar-refractivity contribution in [3.05, 3.63) is 24.0 Å². The largest absolute Gasteiger partial charge is 0.245 e. The lowest BCUT2D eigenvalue weighted by atomic mass is 10.3. The Hall–Kier alpha value is -1.38. The van der Waals surface area contributed by atoms with Crippen LogP contribution in [0.4, 0.5) is 0 Å². The van der Waals surface area contributed by atoms with E-state index in [0.29, 0.717) is 0 Å². The van der Waals surface area contributed by atoms with Crippen molar-refractivity contribution in [3.63, 3.8) is 0 Å². The molecule has 0 unspecified atom stereocenters. The average molecular weight is 177 g/mol. The molecule has 3 heteroatoms. The smallest absolute Gasteiger partial charge is 0.112 e. The zero-order chi connectivity index (χ0) is 9.68. The summed E-state index contributed by atoms with van der Waals surface area (Å²) in [6.07, 6.45) is 6.74. The van der Waals surface area contributed by atoms with Gasteiger partial charge in [0.1, 0.15) is 5.69 Å². The fraction of sp³-hybridized carbons (Fsp3) is 0.400. The molecular formula is C10H15N3. The minimum Gasteiger partial charge on any atom is -0.245 e. The molecular weight excluding hydrogens is 162 g/mol. The number of aryl methyl sites for hydroxylation is 1. The zero-order valence-corrected chi connectivity index (χ0v) is 8.20. The SMILES string of the molecule is C=Cc1c(/C=C\C)nnn1CCC. The summed E-state index contributed by atoms with van der Waals surface area (Å²) in [7, 11) is 0. The van der Waals surface area contributed by atoms with Gasteiger partial charge >= 0.3 is 0 Å². The van der Waals surface area contributed by atoms with E-state index in [2.05, 4.69) is 23.8 Å². The number of nitrogens with zero attached hydrogens (tertiary/aromatic N) is 3. The molecule has 1 aromatic heterocycles. The fourth-order valence-electron chi connectivity index (χ4n) is 1.20. The zero-order valence-electron chi connectivity index (χ0n) is 8.20. The lowest BCUT2D eigenvalue weighted by Crippen LogP contribution is -2.01. The third kappa shape index (κ3) is 2.05. The van der Waals surface area contributed by atoms with Crippen LogP contribution in [0.2, 0.25) is 0 Å². The Morgan fingerprint density at radius 1 is 1.54 bits per heavy atom. The average Bonchev–Trinajstić information content (AvgIpc) is 2.49. The minimum atomic E-state index is 0.894. The molecule has 70 valence electrons. The van der Waals surface area contributed by atoms with E-state index < -0.39 is 0 Å². The summed E-state index contributed by atoms with van der Waals surface area (Å²) in [5, 5.41) is 8.09. The second kappa shape index (κ2) is 4.60. The quantitative estimate of drug-likeness (QED) is 0.706. The Balaban J connectivity index is 3.02. The summed E-state index contributed by atoms with van der Waals surface area (Å²) >= 11 is 0. The van der Waals surface area contributed by atoms with E-state index in [1.54, 1.807) is 6.08 Å². The second-order valence-electron chi connectivity index (χ2n) is 2.79. The molecule has 0 saturated carbocycles. The maximum Gasteiger partial charge on any atom is 0.112 e. The number of aromatic nitrogens is 3. The number of rotatable bonds is 4. The molecule has 0 aliphatic heterocycles. The van der Waals surface area contributed by atoms with Crippen LogP contribution in [-0.2, 0) is 6.54 Å². The van der Waals surface area contributed by atoms with Crippen molar-refractivity contribution in [2.75, 3.05) is 0 Å². The molecule has 0 spiro atoms. The van der Waals surface area contributed by atoms with Gasteiger partial charge < -0.3 is 0 Å². The second-order valence-corrected chi connectivity index (χ2v) is 2.79. The van der Waals surface area contributed by atoms with Gasteiger partial charge in [-0.25, -0.2) is 4.68 Å². The molecule has 0 atom stereocenters. The summed E-state index contributed by atoms with van der Waals surface area (Å²) in [6.45, 7) is 8.73. The molecule has 1 aromatic rings. The van der Waals surface area contributed by atoms with Crippen LogP contribution in [0.1, 0.15) is 31.7 Å².